The smallest absolute Gasteiger partial charge is 0.434 e. The molecule has 4 heterocycles. The molecule has 0 atom stereocenters. The Bertz CT molecular complexity index is 1540. The summed E-state index contributed by atoms with van der Waals surface area (Å²) in [5, 5.41) is 10.3. The van der Waals surface area contributed by atoms with Crippen LogP contribution in [0.4, 0.5) is 23.7 Å². The first-order valence-corrected chi connectivity index (χ1v) is 13.0. The predicted molar refractivity (Wildman–Crippen MR) is 127 cm³/mol. The van der Waals surface area contributed by atoms with Gasteiger partial charge in [0.2, 0.25) is 0 Å². The summed E-state index contributed by atoms with van der Waals surface area (Å²) in [5.74, 6) is 0. The van der Waals surface area contributed by atoms with Gasteiger partial charge in [-0.1, -0.05) is 18.2 Å². The van der Waals surface area contributed by atoms with Gasteiger partial charge in [-0.15, -0.1) is 11.3 Å². The summed E-state index contributed by atoms with van der Waals surface area (Å²) in [6, 6.07) is 10.7. The summed E-state index contributed by atoms with van der Waals surface area (Å²) in [4.78, 5) is 22.4. The molecule has 4 aromatic rings. The highest BCUT2D eigenvalue weighted by molar-refractivity contribution is 7.90. The lowest BCUT2D eigenvalue weighted by molar-refractivity contribution is -0.140. The van der Waals surface area contributed by atoms with E-state index in [0.29, 0.717) is 35.5 Å². The second-order valence-electron chi connectivity index (χ2n) is 7.97. The number of halogens is 3. The molecule has 3 aromatic heterocycles. The molecule has 0 aliphatic carbocycles. The molecule has 5 rings (SSSR count). The van der Waals surface area contributed by atoms with Crippen molar-refractivity contribution in [3.8, 4) is 10.7 Å². The minimum atomic E-state index is -4.68. The lowest BCUT2D eigenvalue weighted by atomic mass is 10.2. The Balaban J connectivity index is 1.70. The number of pyridine rings is 1. The van der Waals surface area contributed by atoms with Gasteiger partial charge in [-0.2, -0.15) is 13.2 Å². The summed E-state index contributed by atoms with van der Waals surface area (Å²) in [6.45, 7) is 1.20. The molecule has 36 heavy (non-hydrogen) atoms. The van der Waals surface area contributed by atoms with Gasteiger partial charge in [0.25, 0.3) is 10.0 Å². The van der Waals surface area contributed by atoms with E-state index in [9.17, 15) is 31.5 Å². The third-order valence-electron chi connectivity index (χ3n) is 5.82. The van der Waals surface area contributed by atoms with Gasteiger partial charge in [-0.25, -0.2) is 27.2 Å². The molecule has 0 radical (unpaired) electrons. The minimum absolute atomic E-state index is 0.0378. The quantitative estimate of drug-likeness (QED) is 0.415. The molecule has 0 unspecified atom stereocenters. The summed E-state index contributed by atoms with van der Waals surface area (Å²) >= 11 is 0.685. The standard InChI is InChI=1S/C22H18F3N5O4S2/c23-22(24,25)18-13-35-20(27-18)17-12-15-16(28-8-10-29(11-9-28)21(31)32)6-7-26-19(15)30(17)36(33,34)14-4-2-1-3-5-14/h1-7,12-13H,8-11H2,(H,31,32). The van der Waals surface area contributed by atoms with Gasteiger partial charge in [0.05, 0.1) is 10.6 Å². The first kappa shape index (κ1) is 24.1. The number of amides is 1. The van der Waals surface area contributed by atoms with Crippen LogP contribution in [0.2, 0.25) is 0 Å². The summed E-state index contributed by atoms with van der Waals surface area (Å²) in [7, 11) is -4.26. The van der Waals surface area contributed by atoms with E-state index in [1.165, 1.54) is 29.3 Å². The number of benzene rings is 1. The Kier molecular flexibility index (Phi) is 5.87. The Morgan fingerprint density at radius 2 is 1.75 bits per heavy atom. The molecule has 188 valence electrons. The lowest BCUT2D eigenvalue weighted by Gasteiger charge is -2.34. The van der Waals surface area contributed by atoms with Crippen LogP contribution in [0.5, 0.6) is 0 Å². The number of nitrogens with zero attached hydrogens (tertiary/aromatic N) is 5. The van der Waals surface area contributed by atoms with E-state index in [-0.39, 0.29) is 34.3 Å². The van der Waals surface area contributed by atoms with Crippen LogP contribution in [-0.2, 0) is 16.2 Å². The van der Waals surface area contributed by atoms with Gasteiger partial charge < -0.3 is 14.9 Å². The van der Waals surface area contributed by atoms with Crippen molar-refractivity contribution in [2.75, 3.05) is 31.1 Å². The number of fused-ring (bicyclic) bond motifs is 1. The van der Waals surface area contributed by atoms with E-state index in [0.717, 1.165) is 9.35 Å². The Hall–Kier alpha value is -3.65. The molecular weight excluding hydrogens is 519 g/mol. The van der Waals surface area contributed by atoms with Gasteiger partial charge in [0.15, 0.2) is 11.3 Å². The highest BCUT2D eigenvalue weighted by Crippen LogP contribution is 2.39. The number of piperazine rings is 1. The summed E-state index contributed by atoms with van der Waals surface area (Å²) in [6.07, 6.45) is -4.29. The highest BCUT2D eigenvalue weighted by atomic mass is 32.2. The largest absolute Gasteiger partial charge is 0.465 e. The fourth-order valence-corrected chi connectivity index (χ4v) is 6.46. The number of anilines is 1. The molecule has 1 aromatic carbocycles. The average molecular weight is 538 g/mol. The summed E-state index contributed by atoms with van der Waals surface area (Å²) < 4.78 is 68.1. The zero-order valence-electron chi connectivity index (χ0n) is 18.4. The maximum absolute atomic E-state index is 13.7. The number of thiazole rings is 1. The first-order valence-electron chi connectivity index (χ1n) is 10.6. The highest BCUT2D eigenvalue weighted by Gasteiger charge is 2.35. The van der Waals surface area contributed by atoms with Crippen LogP contribution in [0.15, 0.2) is 58.9 Å². The Labute approximate surface area is 207 Å². The van der Waals surface area contributed by atoms with Crippen LogP contribution in [0.1, 0.15) is 5.69 Å². The van der Waals surface area contributed by atoms with Crippen LogP contribution >= 0.6 is 11.3 Å². The van der Waals surface area contributed by atoms with Crippen molar-refractivity contribution in [3.05, 3.63) is 59.7 Å². The zero-order valence-corrected chi connectivity index (χ0v) is 20.0. The fraction of sp³-hybridized carbons (Fsp3) is 0.227. The van der Waals surface area contributed by atoms with Gasteiger partial charge in [0, 0.05) is 48.8 Å². The second kappa shape index (κ2) is 8.78. The van der Waals surface area contributed by atoms with Crippen molar-refractivity contribution in [2.45, 2.75) is 11.1 Å². The molecule has 0 saturated carbocycles. The molecule has 1 aliphatic rings. The maximum atomic E-state index is 13.7. The number of hydrogen-bond donors (Lipinski definition) is 1. The molecule has 1 aliphatic heterocycles. The number of hydrogen-bond acceptors (Lipinski definition) is 7. The van der Waals surface area contributed by atoms with E-state index >= 15 is 0 Å². The molecule has 1 fully saturated rings. The van der Waals surface area contributed by atoms with Gasteiger partial charge in [0.1, 0.15) is 5.01 Å². The van der Waals surface area contributed by atoms with Crippen molar-refractivity contribution >= 4 is 44.2 Å². The third kappa shape index (κ3) is 4.15. The van der Waals surface area contributed by atoms with Gasteiger partial charge >= 0.3 is 12.3 Å². The molecule has 0 spiro atoms. The second-order valence-corrected chi connectivity index (χ2v) is 10.6. The van der Waals surface area contributed by atoms with Crippen LogP contribution in [0, 0.1) is 0 Å². The summed E-state index contributed by atoms with van der Waals surface area (Å²) in [5.41, 5.74) is -0.524. The normalized spacial score (nSPS) is 15.0. The number of rotatable bonds is 4. The van der Waals surface area contributed by atoms with Crippen molar-refractivity contribution in [3.63, 3.8) is 0 Å². The van der Waals surface area contributed by atoms with Crippen LogP contribution < -0.4 is 4.90 Å². The van der Waals surface area contributed by atoms with Gasteiger partial charge in [-0.05, 0) is 24.3 Å². The molecule has 0 bridgehead atoms. The number of carboxylic acid groups (broad SMARTS) is 1. The molecule has 9 nitrogen and oxygen atoms in total. The Morgan fingerprint density at radius 1 is 1.06 bits per heavy atom. The number of carbonyl (C=O) groups is 1. The van der Waals surface area contributed by atoms with E-state index in [2.05, 4.69) is 9.97 Å². The number of alkyl halides is 3. The molecule has 14 heteroatoms. The van der Waals surface area contributed by atoms with Crippen molar-refractivity contribution in [1.82, 2.24) is 18.8 Å². The van der Waals surface area contributed by atoms with Gasteiger partial charge in [-0.3, -0.25) is 0 Å². The van der Waals surface area contributed by atoms with E-state index in [1.807, 2.05) is 4.90 Å². The topological polar surface area (TPSA) is 109 Å². The minimum Gasteiger partial charge on any atom is -0.465 e. The molecule has 1 N–H and O–H groups in total. The van der Waals surface area contributed by atoms with Crippen molar-refractivity contribution in [2.24, 2.45) is 0 Å². The lowest BCUT2D eigenvalue weighted by Crippen LogP contribution is -2.48. The predicted octanol–water partition coefficient (Wildman–Crippen LogP) is 4.22. The van der Waals surface area contributed by atoms with Crippen molar-refractivity contribution < 1.29 is 31.5 Å². The number of aromatic nitrogens is 3. The van der Waals surface area contributed by atoms with Crippen molar-refractivity contribution in [1.29, 1.82) is 0 Å². The van der Waals surface area contributed by atoms with Crippen LogP contribution in [0.3, 0.4) is 0 Å². The van der Waals surface area contributed by atoms with E-state index in [1.54, 1.807) is 24.3 Å². The zero-order chi connectivity index (χ0) is 25.7. The average Bonchev–Trinajstić information content (AvgIpc) is 3.50. The Morgan fingerprint density at radius 3 is 2.36 bits per heavy atom. The monoisotopic (exact) mass is 537 g/mol. The molecule has 1 saturated heterocycles. The molecular formula is C22H18F3N5O4S2. The first-order chi connectivity index (χ1) is 17.1. The SMILES string of the molecule is O=C(O)N1CCN(c2ccnc3c2cc(-c2nc(C(F)(F)F)cs2)n3S(=O)(=O)c2ccccc2)CC1. The molecule has 1 amide bonds. The van der Waals surface area contributed by atoms with E-state index < -0.39 is 28.0 Å². The van der Waals surface area contributed by atoms with Crippen LogP contribution in [-0.4, -0.2) is 64.6 Å². The van der Waals surface area contributed by atoms with E-state index in [4.69, 9.17) is 0 Å². The maximum Gasteiger partial charge on any atom is 0.434 e. The third-order valence-corrected chi connectivity index (χ3v) is 8.41. The fourth-order valence-electron chi connectivity index (χ4n) is 4.09. The van der Waals surface area contributed by atoms with Crippen LogP contribution in [0.25, 0.3) is 21.7 Å².